The van der Waals surface area contributed by atoms with Crippen molar-refractivity contribution in [2.75, 3.05) is 26.2 Å². The molecule has 4 nitrogen and oxygen atoms in total. The molecule has 0 aromatic rings. The molecule has 0 saturated carbocycles. The molecule has 1 fully saturated rings. The van der Waals surface area contributed by atoms with Gasteiger partial charge in [0, 0.05) is 12.6 Å². The van der Waals surface area contributed by atoms with E-state index in [-0.39, 0.29) is 12.1 Å². The molecule has 1 heterocycles. The van der Waals surface area contributed by atoms with E-state index in [9.17, 15) is 9.90 Å². The molecule has 1 aliphatic heterocycles. The highest BCUT2D eigenvalue weighted by Crippen LogP contribution is 2.20. The second-order valence-corrected chi connectivity index (χ2v) is 4.53. The highest BCUT2D eigenvalue weighted by atomic mass is 16.5. The van der Waals surface area contributed by atoms with Gasteiger partial charge in [-0.3, -0.25) is 4.90 Å². The quantitative estimate of drug-likeness (QED) is 0.580. The van der Waals surface area contributed by atoms with Crippen LogP contribution < -0.4 is 0 Å². The van der Waals surface area contributed by atoms with Crippen LogP contribution >= 0.6 is 0 Å². The van der Waals surface area contributed by atoms with Crippen molar-refractivity contribution in [1.82, 2.24) is 4.90 Å². The molecule has 0 bridgehead atoms. The lowest BCUT2D eigenvalue weighted by atomic mass is 9.92. The maximum absolute atomic E-state index is 11.1. The summed E-state index contributed by atoms with van der Waals surface area (Å²) in [5.74, 6) is 0.159. The molecule has 4 heteroatoms. The fraction of sp³-hybridized carbons (Fsp3) is 0.769. The van der Waals surface area contributed by atoms with Crippen molar-refractivity contribution in [3.63, 3.8) is 0 Å². The molecule has 1 unspecified atom stereocenters. The van der Waals surface area contributed by atoms with E-state index in [1.807, 2.05) is 13.0 Å². The van der Waals surface area contributed by atoms with Crippen LogP contribution in [-0.4, -0.2) is 48.3 Å². The summed E-state index contributed by atoms with van der Waals surface area (Å²) in [5.41, 5.74) is 0. The van der Waals surface area contributed by atoms with E-state index in [2.05, 4.69) is 4.90 Å². The largest absolute Gasteiger partial charge is 0.463 e. The molecule has 0 radical (unpaired) electrons. The smallest absolute Gasteiger partial charge is 0.330 e. The van der Waals surface area contributed by atoms with E-state index < -0.39 is 0 Å². The maximum atomic E-state index is 11.1. The number of nitrogens with zero attached hydrogens (tertiary/aromatic N) is 1. The summed E-state index contributed by atoms with van der Waals surface area (Å²) in [6.07, 6.45) is 5.20. The van der Waals surface area contributed by atoms with Crippen molar-refractivity contribution in [2.24, 2.45) is 5.92 Å². The topological polar surface area (TPSA) is 49.8 Å². The standard InChI is InChI=1S/C13H23NO3/c1-3-17-13(16)5-4-8-14-9-6-12(7-10-14)11(2)15/h4-5,11-12,15H,3,6-10H2,1-2H3. The van der Waals surface area contributed by atoms with E-state index in [1.54, 1.807) is 6.92 Å². The van der Waals surface area contributed by atoms with Gasteiger partial charge in [0.25, 0.3) is 0 Å². The Morgan fingerprint density at radius 2 is 2.18 bits per heavy atom. The summed E-state index contributed by atoms with van der Waals surface area (Å²) in [5, 5.41) is 9.48. The van der Waals surface area contributed by atoms with Gasteiger partial charge in [-0.1, -0.05) is 6.08 Å². The van der Waals surface area contributed by atoms with E-state index in [1.165, 1.54) is 6.08 Å². The normalized spacial score (nSPS) is 20.6. The Bertz CT molecular complexity index is 255. The van der Waals surface area contributed by atoms with E-state index in [0.717, 1.165) is 32.5 Å². The highest BCUT2D eigenvalue weighted by Gasteiger charge is 2.21. The minimum atomic E-state index is -0.272. The monoisotopic (exact) mass is 241 g/mol. The first-order valence-corrected chi connectivity index (χ1v) is 6.37. The summed E-state index contributed by atoms with van der Waals surface area (Å²) >= 11 is 0. The van der Waals surface area contributed by atoms with Gasteiger partial charge in [-0.25, -0.2) is 4.79 Å². The number of aliphatic hydroxyl groups excluding tert-OH is 1. The minimum Gasteiger partial charge on any atom is -0.463 e. The zero-order valence-corrected chi connectivity index (χ0v) is 10.8. The van der Waals surface area contributed by atoms with Crippen molar-refractivity contribution in [1.29, 1.82) is 0 Å². The second-order valence-electron chi connectivity index (χ2n) is 4.53. The van der Waals surface area contributed by atoms with Crippen LogP contribution in [-0.2, 0) is 9.53 Å². The Labute approximate surface area is 103 Å². The van der Waals surface area contributed by atoms with Gasteiger partial charge in [-0.2, -0.15) is 0 Å². The predicted molar refractivity (Wildman–Crippen MR) is 66.6 cm³/mol. The number of piperidine rings is 1. The van der Waals surface area contributed by atoms with Crippen LogP contribution in [0.25, 0.3) is 0 Å². The molecule has 1 N–H and O–H groups in total. The Morgan fingerprint density at radius 1 is 1.53 bits per heavy atom. The van der Waals surface area contributed by atoms with Crippen LogP contribution in [0.1, 0.15) is 26.7 Å². The van der Waals surface area contributed by atoms with Crippen LogP contribution in [0.5, 0.6) is 0 Å². The summed E-state index contributed by atoms with van der Waals surface area (Å²) in [6, 6.07) is 0. The molecule has 0 aromatic carbocycles. The number of hydrogen-bond acceptors (Lipinski definition) is 4. The summed E-state index contributed by atoms with van der Waals surface area (Å²) in [6.45, 7) is 6.84. The number of rotatable bonds is 5. The number of carbonyl (C=O) groups is 1. The summed E-state index contributed by atoms with van der Waals surface area (Å²) in [4.78, 5) is 13.4. The van der Waals surface area contributed by atoms with Crippen molar-refractivity contribution >= 4 is 5.97 Å². The summed E-state index contributed by atoms with van der Waals surface area (Å²) in [7, 11) is 0. The Hall–Kier alpha value is -0.870. The molecule has 98 valence electrons. The lowest BCUT2D eigenvalue weighted by Gasteiger charge is -2.32. The lowest BCUT2D eigenvalue weighted by Crippen LogP contribution is -2.37. The van der Waals surface area contributed by atoms with Crippen LogP contribution in [0.4, 0.5) is 0 Å². The second kappa shape index (κ2) is 7.45. The lowest BCUT2D eigenvalue weighted by molar-refractivity contribution is -0.137. The molecule has 1 aliphatic rings. The molecule has 0 aromatic heterocycles. The van der Waals surface area contributed by atoms with Gasteiger partial charge in [0.1, 0.15) is 0 Å². The maximum Gasteiger partial charge on any atom is 0.330 e. The minimum absolute atomic E-state index is 0.202. The van der Waals surface area contributed by atoms with Gasteiger partial charge >= 0.3 is 5.97 Å². The van der Waals surface area contributed by atoms with Gasteiger partial charge in [-0.15, -0.1) is 0 Å². The molecular formula is C13H23NO3. The fourth-order valence-electron chi connectivity index (χ4n) is 2.11. The number of esters is 1. The number of hydrogen-bond donors (Lipinski definition) is 1. The van der Waals surface area contributed by atoms with Gasteiger partial charge < -0.3 is 9.84 Å². The van der Waals surface area contributed by atoms with Crippen LogP contribution in [0.3, 0.4) is 0 Å². The number of aliphatic hydroxyl groups is 1. The van der Waals surface area contributed by atoms with Gasteiger partial charge in [-0.05, 0) is 45.7 Å². The average molecular weight is 241 g/mol. The zero-order valence-electron chi connectivity index (χ0n) is 10.8. The Balaban J connectivity index is 2.20. The number of ether oxygens (including phenoxy) is 1. The van der Waals surface area contributed by atoms with Crippen molar-refractivity contribution < 1.29 is 14.6 Å². The number of likely N-dealkylation sites (tertiary alicyclic amines) is 1. The van der Waals surface area contributed by atoms with Crippen LogP contribution in [0.2, 0.25) is 0 Å². The Kier molecular flexibility index (Phi) is 6.22. The van der Waals surface area contributed by atoms with Crippen molar-refractivity contribution in [3.05, 3.63) is 12.2 Å². The average Bonchev–Trinajstić information content (AvgIpc) is 2.30. The third-order valence-corrected chi connectivity index (χ3v) is 3.22. The molecule has 1 atom stereocenters. The van der Waals surface area contributed by atoms with Crippen LogP contribution in [0, 0.1) is 5.92 Å². The van der Waals surface area contributed by atoms with Crippen molar-refractivity contribution in [2.45, 2.75) is 32.8 Å². The van der Waals surface area contributed by atoms with Crippen molar-refractivity contribution in [3.8, 4) is 0 Å². The molecule has 17 heavy (non-hydrogen) atoms. The predicted octanol–water partition coefficient (Wildman–Crippen LogP) is 1.20. The third kappa shape index (κ3) is 5.33. The highest BCUT2D eigenvalue weighted by molar-refractivity contribution is 5.81. The van der Waals surface area contributed by atoms with Gasteiger partial charge in [0.2, 0.25) is 0 Å². The molecular weight excluding hydrogens is 218 g/mol. The Morgan fingerprint density at radius 3 is 2.71 bits per heavy atom. The number of carbonyl (C=O) groups excluding carboxylic acids is 1. The molecule has 1 rings (SSSR count). The SMILES string of the molecule is CCOC(=O)C=CCN1CCC(C(C)O)CC1. The van der Waals surface area contributed by atoms with Crippen LogP contribution in [0.15, 0.2) is 12.2 Å². The fourth-order valence-corrected chi connectivity index (χ4v) is 2.11. The summed E-state index contributed by atoms with van der Waals surface area (Å²) < 4.78 is 4.80. The van der Waals surface area contributed by atoms with E-state index >= 15 is 0 Å². The zero-order chi connectivity index (χ0) is 12.7. The first kappa shape index (κ1) is 14.2. The first-order chi connectivity index (χ1) is 8.13. The third-order valence-electron chi connectivity index (χ3n) is 3.22. The molecule has 0 spiro atoms. The molecule has 0 aliphatic carbocycles. The van der Waals surface area contributed by atoms with Gasteiger partial charge in [0.15, 0.2) is 0 Å². The molecule has 0 amide bonds. The first-order valence-electron chi connectivity index (χ1n) is 6.37. The van der Waals surface area contributed by atoms with E-state index in [0.29, 0.717) is 12.5 Å². The van der Waals surface area contributed by atoms with E-state index in [4.69, 9.17) is 4.74 Å². The van der Waals surface area contributed by atoms with Gasteiger partial charge in [0.05, 0.1) is 12.7 Å². The molecule has 1 saturated heterocycles.